The van der Waals surface area contributed by atoms with Crippen molar-refractivity contribution < 1.29 is 19.4 Å². The molecule has 0 amide bonds. The molecule has 1 aliphatic rings. The van der Waals surface area contributed by atoms with Gasteiger partial charge in [0, 0.05) is 26.2 Å². The van der Waals surface area contributed by atoms with Crippen LogP contribution >= 0.6 is 0 Å². The molecular formula is C11H22N2O4. The first-order valence-electron chi connectivity index (χ1n) is 5.77. The maximum Gasteiger partial charge on any atom is 0.338 e. The van der Waals surface area contributed by atoms with Gasteiger partial charge in [-0.05, 0) is 14.0 Å². The van der Waals surface area contributed by atoms with E-state index in [1.165, 1.54) is 14.0 Å². The average molecular weight is 246 g/mol. The van der Waals surface area contributed by atoms with Crippen molar-refractivity contribution in [2.75, 3.05) is 46.9 Å². The minimum absolute atomic E-state index is 0.0993. The van der Waals surface area contributed by atoms with Gasteiger partial charge in [-0.2, -0.15) is 0 Å². The number of carbonyl (C=O) groups excluding carboxylic acids is 1. The standard InChI is InChI=1S/C11H22N2O4/c1-11(15,10(14)16-3)8-12-6-9-7-13(2)4-5-17-9/h9,12,15H,4-8H2,1-3H3. The Labute approximate surface area is 102 Å². The Morgan fingerprint density at radius 3 is 3.00 bits per heavy atom. The summed E-state index contributed by atoms with van der Waals surface area (Å²) >= 11 is 0. The number of rotatable bonds is 5. The lowest BCUT2D eigenvalue weighted by atomic mass is 10.1. The van der Waals surface area contributed by atoms with Crippen LogP contribution in [0.1, 0.15) is 6.92 Å². The highest BCUT2D eigenvalue weighted by molar-refractivity contribution is 5.78. The molecule has 0 aromatic heterocycles. The van der Waals surface area contributed by atoms with Gasteiger partial charge in [-0.3, -0.25) is 0 Å². The molecular weight excluding hydrogens is 224 g/mol. The number of hydrogen-bond donors (Lipinski definition) is 2. The molecule has 0 aliphatic carbocycles. The van der Waals surface area contributed by atoms with E-state index >= 15 is 0 Å². The molecule has 0 radical (unpaired) electrons. The van der Waals surface area contributed by atoms with Gasteiger partial charge in [0.15, 0.2) is 5.60 Å². The molecule has 2 unspecified atom stereocenters. The topological polar surface area (TPSA) is 71.0 Å². The highest BCUT2D eigenvalue weighted by atomic mass is 16.5. The smallest absolute Gasteiger partial charge is 0.338 e. The molecule has 1 heterocycles. The largest absolute Gasteiger partial charge is 0.467 e. The Morgan fingerprint density at radius 2 is 2.41 bits per heavy atom. The van der Waals surface area contributed by atoms with Crippen molar-refractivity contribution in [3.8, 4) is 0 Å². The maximum absolute atomic E-state index is 11.2. The van der Waals surface area contributed by atoms with Crippen molar-refractivity contribution in [2.45, 2.75) is 18.6 Å². The van der Waals surface area contributed by atoms with Gasteiger partial charge in [0.05, 0.1) is 19.8 Å². The first kappa shape index (κ1) is 14.4. The summed E-state index contributed by atoms with van der Waals surface area (Å²) in [6, 6.07) is 0. The molecule has 2 atom stereocenters. The summed E-state index contributed by atoms with van der Waals surface area (Å²) in [5.74, 6) is -0.633. The minimum atomic E-state index is -1.49. The van der Waals surface area contributed by atoms with Gasteiger partial charge >= 0.3 is 5.97 Å². The number of carbonyl (C=O) groups is 1. The number of methoxy groups -OCH3 is 1. The van der Waals surface area contributed by atoms with Crippen LogP contribution in [0.25, 0.3) is 0 Å². The maximum atomic E-state index is 11.2. The van der Waals surface area contributed by atoms with E-state index in [0.717, 1.165) is 19.7 Å². The molecule has 1 rings (SSSR count). The van der Waals surface area contributed by atoms with Crippen LogP contribution in [0.15, 0.2) is 0 Å². The summed E-state index contributed by atoms with van der Waals surface area (Å²) in [6.07, 6.45) is 0.0993. The van der Waals surface area contributed by atoms with Gasteiger partial charge in [-0.25, -0.2) is 4.79 Å². The average Bonchev–Trinajstić information content (AvgIpc) is 2.27. The lowest BCUT2D eigenvalue weighted by Crippen LogP contribution is -2.50. The molecule has 0 spiro atoms. The van der Waals surface area contributed by atoms with Crippen LogP contribution in [0.4, 0.5) is 0 Å². The molecule has 100 valence electrons. The van der Waals surface area contributed by atoms with Crippen molar-refractivity contribution >= 4 is 5.97 Å². The zero-order chi connectivity index (χ0) is 12.9. The first-order chi connectivity index (χ1) is 7.95. The second-order valence-electron chi connectivity index (χ2n) is 4.65. The number of morpholine rings is 1. The van der Waals surface area contributed by atoms with Crippen molar-refractivity contribution in [3.05, 3.63) is 0 Å². The van der Waals surface area contributed by atoms with Gasteiger partial charge < -0.3 is 24.8 Å². The molecule has 0 aromatic carbocycles. The molecule has 0 saturated carbocycles. The SMILES string of the molecule is COC(=O)C(C)(O)CNCC1CN(C)CCO1. The molecule has 1 aliphatic heterocycles. The normalized spacial score (nSPS) is 25.3. The second-order valence-corrected chi connectivity index (χ2v) is 4.65. The molecule has 17 heavy (non-hydrogen) atoms. The number of nitrogens with one attached hydrogen (secondary N) is 1. The zero-order valence-electron chi connectivity index (χ0n) is 10.7. The van der Waals surface area contributed by atoms with Crippen molar-refractivity contribution in [3.63, 3.8) is 0 Å². The number of likely N-dealkylation sites (N-methyl/N-ethyl adjacent to an activating group) is 1. The number of ether oxygens (including phenoxy) is 2. The molecule has 1 fully saturated rings. The van der Waals surface area contributed by atoms with Gasteiger partial charge in [0.25, 0.3) is 0 Å². The quantitative estimate of drug-likeness (QED) is 0.596. The summed E-state index contributed by atoms with van der Waals surface area (Å²) in [4.78, 5) is 13.4. The fourth-order valence-corrected chi connectivity index (χ4v) is 1.76. The van der Waals surface area contributed by atoms with Crippen molar-refractivity contribution in [2.24, 2.45) is 0 Å². The van der Waals surface area contributed by atoms with E-state index in [1.54, 1.807) is 0 Å². The number of aliphatic hydroxyl groups is 1. The van der Waals surface area contributed by atoms with E-state index in [0.29, 0.717) is 6.54 Å². The number of esters is 1. The Morgan fingerprint density at radius 1 is 1.71 bits per heavy atom. The summed E-state index contributed by atoms with van der Waals surface area (Å²) in [5, 5.41) is 12.8. The van der Waals surface area contributed by atoms with E-state index in [4.69, 9.17) is 4.74 Å². The molecule has 6 nitrogen and oxygen atoms in total. The van der Waals surface area contributed by atoms with Gasteiger partial charge in [-0.15, -0.1) is 0 Å². The lowest BCUT2D eigenvalue weighted by molar-refractivity contribution is -0.160. The van der Waals surface area contributed by atoms with Gasteiger partial charge in [-0.1, -0.05) is 0 Å². The predicted octanol–water partition coefficient (Wildman–Crippen LogP) is -1.17. The second kappa shape index (κ2) is 6.30. The molecule has 6 heteroatoms. The van der Waals surface area contributed by atoms with E-state index in [9.17, 15) is 9.90 Å². The molecule has 1 saturated heterocycles. The highest BCUT2D eigenvalue weighted by Gasteiger charge is 2.31. The molecule has 0 aromatic rings. The fraction of sp³-hybridized carbons (Fsp3) is 0.909. The first-order valence-corrected chi connectivity index (χ1v) is 5.77. The Kier molecular flexibility index (Phi) is 5.32. The van der Waals surface area contributed by atoms with Crippen LogP contribution in [-0.4, -0.2) is 74.6 Å². The van der Waals surface area contributed by atoms with E-state index in [2.05, 4.69) is 15.0 Å². The number of nitrogens with zero attached hydrogens (tertiary/aromatic N) is 1. The van der Waals surface area contributed by atoms with Crippen molar-refractivity contribution in [1.82, 2.24) is 10.2 Å². The van der Waals surface area contributed by atoms with Crippen LogP contribution in [0.5, 0.6) is 0 Å². The summed E-state index contributed by atoms with van der Waals surface area (Å²) < 4.78 is 10.1. The Balaban J connectivity index is 2.25. The fourth-order valence-electron chi connectivity index (χ4n) is 1.76. The van der Waals surface area contributed by atoms with Crippen LogP contribution < -0.4 is 5.32 Å². The monoisotopic (exact) mass is 246 g/mol. The van der Waals surface area contributed by atoms with Gasteiger partial charge in [0.1, 0.15) is 0 Å². The number of hydrogen-bond acceptors (Lipinski definition) is 6. The predicted molar refractivity (Wildman–Crippen MR) is 62.7 cm³/mol. The third-order valence-electron chi connectivity index (χ3n) is 2.81. The third-order valence-corrected chi connectivity index (χ3v) is 2.81. The third kappa shape index (κ3) is 4.59. The van der Waals surface area contributed by atoms with Crippen LogP contribution in [-0.2, 0) is 14.3 Å². The Bertz CT molecular complexity index is 258. The summed E-state index contributed by atoms with van der Waals surface area (Å²) in [6.45, 7) is 4.71. The Hall–Kier alpha value is -0.690. The van der Waals surface area contributed by atoms with E-state index in [-0.39, 0.29) is 12.6 Å². The summed E-state index contributed by atoms with van der Waals surface area (Å²) in [7, 11) is 3.30. The zero-order valence-corrected chi connectivity index (χ0v) is 10.7. The summed E-state index contributed by atoms with van der Waals surface area (Å²) in [5.41, 5.74) is -1.49. The van der Waals surface area contributed by atoms with Crippen LogP contribution in [0.3, 0.4) is 0 Å². The highest BCUT2D eigenvalue weighted by Crippen LogP contribution is 2.05. The lowest BCUT2D eigenvalue weighted by Gasteiger charge is -2.31. The van der Waals surface area contributed by atoms with Crippen molar-refractivity contribution in [1.29, 1.82) is 0 Å². The van der Waals surface area contributed by atoms with Crippen LogP contribution in [0.2, 0.25) is 0 Å². The molecule has 2 N–H and O–H groups in total. The van der Waals surface area contributed by atoms with Gasteiger partial charge in [0.2, 0.25) is 0 Å². The van der Waals surface area contributed by atoms with E-state index < -0.39 is 11.6 Å². The van der Waals surface area contributed by atoms with E-state index in [1.807, 2.05) is 7.05 Å². The van der Waals surface area contributed by atoms with Crippen LogP contribution in [0, 0.1) is 0 Å². The minimum Gasteiger partial charge on any atom is -0.467 e. The molecule has 0 bridgehead atoms.